The number of hydrogen-bond donors (Lipinski definition) is 2. The second-order valence-electron chi connectivity index (χ2n) is 6.66. The summed E-state index contributed by atoms with van der Waals surface area (Å²) in [6, 6.07) is 15.0. The summed E-state index contributed by atoms with van der Waals surface area (Å²) < 4.78 is 0. The van der Waals surface area contributed by atoms with Crippen molar-refractivity contribution in [1.29, 1.82) is 0 Å². The first-order valence-corrected chi connectivity index (χ1v) is 8.94. The second-order valence-corrected chi connectivity index (χ2v) is 6.66. The predicted octanol–water partition coefficient (Wildman–Crippen LogP) is 2.07. The molecule has 0 saturated carbocycles. The fourth-order valence-corrected chi connectivity index (χ4v) is 3.37. The molecular formula is C20H21N5O2. The van der Waals surface area contributed by atoms with Crippen molar-refractivity contribution < 1.29 is 10.0 Å². The van der Waals surface area contributed by atoms with Gasteiger partial charge in [-0.2, -0.15) is 0 Å². The van der Waals surface area contributed by atoms with Crippen LogP contribution in [0.5, 0.6) is 0 Å². The predicted molar refractivity (Wildman–Crippen MR) is 103 cm³/mol. The summed E-state index contributed by atoms with van der Waals surface area (Å²) in [4.78, 5) is 24.3. The lowest BCUT2D eigenvalue weighted by atomic mass is 10.1. The molecule has 0 bridgehead atoms. The van der Waals surface area contributed by atoms with Gasteiger partial charge in [-0.15, -0.1) is 0 Å². The lowest BCUT2D eigenvalue weighted by Crippen LogP contribution is -2.46. The number of amides is 1. The molecule has 1 aliphatic rings. The first kappa shape index (κ1) is 17.4. The zero-order chi connectivity index (χ0) is 18.6. The van der Waals surface area contributed by atoms with Gasteiger partial charge in [0, 0.05) is 45.1 Å². The van der Waals surface area contributed by atoms with Crippen LogP contribution in [0.4, 0.5) is 5.95 Å². The quantitative estimate of drug-likeness (QED) is 0.546. The van der Waals surface area contributed by atoms with E-state index in [1.807, 2.05) is 0 Å². The summed E-state index contributed by atoms with van der Waals surface area (Å²) in [6.07, 6.45) is 2.85. The molecule has 4 rings (SSSR count). The molecular weight excluding hydrogens is 342 g/mol. The normalized spacial score (nSPS) is 15.1. The highest BCUT2D eigenvalue weighted by Crippen LogP contribution is 2.18. The average Bonchev–Trinajstić information content (AvgIpc) is 2.74. The van der Waals surface area contributed by atoms with Gasteiger partial charge >= 0.3 is 0 Å². The Morgan fingerprint density at radius 2 is 1.70 bits per heavy atom. The standard InChI is InChI=1S/C20H21N5O2/c26-19(23-27)18-12-21-20(22-13-18)25-9-7-24(8-10-25)14-15-5-6-16-3-1-2-4-17(16)11-15/h1-6,11-13,27H,7-10,14H2,(H,23,26). The Bertz CT molecular complexity index is 937. The number of piperazine rings is 1. The van der Waals surface area contributed by atoms with Gasteiger partial charge in [-0.05, 0) is 22.4 Å². The Morgan fingerprint density at radius 3 is 2.41 bits per heavy atom. The van der Waals surface area contributed by atoms with E-state index in [9.17, 15) is 4.79 Å². The average molecular weight is 363 g/mol. The molecule has 1 aliphatic heterocycles. The van der Waals surface area contributed by atoms with Crippen molar-refractivity contribution in [2.24, 2.45) is 0 Å². The summed E-state index contributed by atoms with van der Waals surface area (Å²) >= 11 is 0. The molecule has 0 aliphatic carbocycles. The smallest absolute Gasteiger partial charge is 0.277 e. The highest BCUT2D eigenvalue weighted by atomic mass is 16.5. The van der Waals surface area contributed by atoms with Crippen molar-refractivity contribution >= 4 is 22.6 Å². The second kappa shape index (κ2) is 7.69. The van der Waals surface area contributed by atoms with E-state index in [4.69, 9.17) is 5.21 Å². The SMILES string of the molecule is O=C(NO)c1cnc(N2CCN(Cc3ccc4ccccc4c3)CC2)nc1. The first-order chi connectivity index (χ1) is 13.2. The molecule has 0 radical (unpaired) electrons. The minimum absolute atomic E-state index is 0.233. The van der Waals surface area contributed by atoms with Gasteiger partial charge in [-0.25, -0.2) is 15.4 Å². The molecule has 1 amide bonds. The van der Waals surface area contributed by atoms with Crippen molar-refractivity contribution in [2.75, 3.05) is 31.1 Å². The van der Waals surface area contributed by atoms with Gasteiger partial charge in [0.1, 0.15) is 0 Å². The summed E-state index contributed by atoms with van der Waals surface area (Å²) in [7, 11) is 0. The number of carbonyl (C=O) groups is 1. The Kier molecular flexibility index (Phi) is 4.95. The van der Waals surface area contributed by atoms with Gasteiger partial charge < -0.3 is 4.90 Å². The molecule has 2 N–H and O–H groups in total. The maximum Gasteiger partial charge on any atom is 0.277 e. The van der Waals surface area contributed by atoms with E-state index in [2.05, 4.69) is 62.2 Å². The lowest BCUT2D eigenvalue weighted by Gasteiger charge is -2.34. The molecule has 138 valence electrons. The molecule has 0 spiro atoms. The molecule has 2 aromatic carbocycles. The fourth-order valence-electron chi connectivity index (χ4n) is 3.37. The number of nitrogens with zero attached hydrogens (tertiary/aromatic N) is 4. The van der Waals surface area contributed by atoms with Crippen molar-refractivity contribution in [1.82, 2.24) is 20.3 Å². The fraction of sp³-hybridized carbons (Fsp3) is 0.250. The molecule has 0 unspecified atom stereocenters. The van der Waals surface area contributed by atoms with Crippen LogP contribution in [0.2, 0.25) is 0 Å². The van der Waals surface area contributed by atoms with Gasteiger partial charge in [0.2, 0.25) is 5.95 Å². The number of nitrogens with one attached hydrogen (secondary N) is 1. The Hall–Kier alpha value is -3.03. The number of aromatic nitrogens is 2. The van der Waals surface area contributed by atoms with E-state index in [0.29, 0.717) is 5.95 Å². The molecule has 7 heteroatoms. The molecule has 7 nitrogen and oxygen atoms in total. The van der Waals surface area contributed by atoms with Crippen molar-refractivity contribution in [2.45, 2.75) is 6.54 Å². The number of benzene rings is 2. The van der Waals surface area contributed by atoms with Crippen molar-refractivity contribution in [3.8, 4) is 0 Å². The summed E-state index contributed by atoms with van der Waals surface area (Å²) in [5.41, 5.74) is 3.13. The maximum absolute atomic E-state index is 11.3. The third-order valence-electron chi connectivity index (χ3n) is 4.88. The van der Waals surface area contributed by atoms with E-state index in [0.717, 1.165) is 32.7 Å². The Morgan fingerprint density at radius 1 is 1.00 bits per heavy atom. The van der Waals surface area contributed by atoms with Crippen molar-refractivity contribution in [3.63, 3.8) is 0 Å². The van der Waals surface area contributed by atoms with Crippen molar-refractivity contribution in [3.05, 3.63) is 66.0 Å². The highest BCUT2D eigenvalue weighted by molar-refractivity contribution is 5.92. The zero-order valence-electron chi connectivity index (χ0n) is 14.9. The zero-order valence-corrected chi connectivity index (χ0v) is 14.9. The van der Waals surface area contributed by atoms with Gasteiger partial charge in [0.15, 0.2) is 0 Å². The Labute approximate surface area is 157 Å². The van der Waals surface area contributed by atoms with Gasteiger partial charge in [-0.3, -0.25) is 14.9 Å². The highest BCUT2D eigenvalue weighted by Gasteiger charge is 2.19. The van der Waals surface area contributed by atoms with Crippen LogP contribution >= 0.6 is 0 Å². The molecule has 2 heterocycles. The van der Waals surface area contributed by atoms with Crippen LogP contribution in [0.3, 0.4) is 0 Å². The summed E-state index contributed by atoms with van der Waals surface area (Å²) in [5.74, 6) is -0.00315. The lowest BCUT2D eigenvalue weighted by molar-refractivity contribution is 0.0705. The Balaban J connectivity index is 1.36. The molecule has 3 aromatic rings. The minimum atomic E-state index is -0.609. The van der Waals surface area contributed by atoms with Crippen LogP contribution in [0.25, 0.3) is 10.8 Å². The van der Waals surface area contributed by atoms with E-state index >= 15 is 0 Å². The van der Waals surface area contributed by atoms with Crippen LogP contribution < -0.4 is 10.4 Å². The molecule has 1 aromatic heterocycles. The molecule has 1 fully saturated rings. The largest absolute Gasteiger partial charge is 0.338 e. The molecule has 1 saturated heterocycles. The third-order valence-corrected chi connectivity index (χ3v) is 4.88. The van der Waals surface area contributed by atoms with Gasteiger partial charge in [0.05, 0.1) is 5.56 Å². The van der Waals surface area contributed by atoms with E-state index in [-0.39, 0.29) is 5.56 Å². The van der Waals surface area contributed by atoms with Gasteiger partial charge in [-0.1, -0.05) is 36.4 Å². The monoisotopic (exact) mass is 363 g/mol. The molecule has 0 atom stereocenters. The molecule has 27 heavy (non-hydrogen) atoms. The van der Waals surface area contributed by atoms with E-state index in [1.165, 1.54) is 28.7 Å². The van der Waals surface area contributed by atoms with E-state index < -0.39 is 5.91 Å². The number of anilines is 1. The number of fused-ring (bicyclic) bond motifs is 1. The van der Waals surface area contributed by atoms with Crippen LogP contribution in [-0.4, -0.2) is 52.2 Å². The number of rotatable bonds is 4. The summed E-state index contributed by atoms with van der Waals surface area (Å²) in [6.45, 7) is 4.44. The van der Waals surface area contributed by atoms with Crippen LogP contribution in [0.1, 0.15) is 15.9 Å². The first-order valence-electron chi connectivity index (χ1n) is 8.94. The third kappa shape index (κ3) is 3.89. The number of hydroxylamine groups is 1. The summed E-state index contributed by atoms with van der Waals surface area (Å²) in [5, 5.41) is 11.2. The maximum atomic E-state index is 11.3. The van der Waals surface area contributed by atoms with Gasteiger partial charge in [0.25, 0.3) is 5.91 Å². The number of carbonyl (C=O) groups excluding carboxylic acids is 1. The van der Waals surface area contributed by atoms with E-state index in [1.54, 1.807) is 5.48 Å². The van der Waals surface area contributed by atoms with Crippen LogP contribution in [0, 0.1) is 0 Å². The van der Waals surface area contributed by atoms with Crippen LogP contribution in [0.15, 0.2) is 54.9 Å². The topological polar surface area (TPSA) is 81.6 Å². The minimum Gasteiger partial charge on any atom is -0.338 e. The number of hydrogen-bond acceptors (Lipinski definition) is 6. The van der Waals surface area contributed by atoms with Crippen LogP contribution in [-0.2, 0) is 6.54 Å².